The van der Waals surface area contributed by atoms with Gasteiger partial charge in [-0.2, -0.15) is 0 Å². The summed E-state index contributed by atoms with van der Waals surface area (Å²) >= 11 is 6.07. The predicted octanol–water partition coefficient (Wildman–Crippen LogP) is 1.10. The first-order valence-corrected chi connectivity index (χ1v) is 8.94. The lowest BCUT2D eigenvalue weighted by molar-refractivity contribution is 0.122. The second kappa shape index (κ2) is 6.69. The van der Waals surface area contributed by atoms with Crippen LogP contribution in [-0.4, -0.2) is 52.5 Å². The Morgan fingerprint density at radius 1 is 0.800 bits per heavy atom. The number of morpholine rings is 1. The molecular formula is C18H20ClN3O3. The molecule has 0 bridgehead atoms. The third-order valence-corrected chi connectivity index (χ3v) is 5.19. The minimum atomic E-state index is -0.353. The number of ether oxygens (including phenoxy) is 1. The molecule has 2 aliphatic heterocycles. The monoisotopic (exact) mass is 361 g/mol. The van der Waals surface area contributed by atoms with Crippen LogP contribution in [0.1, 0.15) is 0 Å². The fraction of sp³-hybridized carbons (Fsp3) is 0.444. The van der Waals surface area contributed by atoms with E-state index in [0.29, 0.717) is 50.8 Å². The van der Waals surface area contributed by atoms with Gasteiger partial charge in [-0.3, -0.25) is 9.59 Å². The molecule has 2 aromatic rings. The van der Waals surface area contributed by atoms with Crippen LogP contribution in [0.3, 0.4) is 0 Å². The molecular weight excluding hydrogens is 342 g/mol. The summed E-state index contributed by atoms with van der Waals surface area (Å²) in [6.07, 6.45) is 0. The molecule has 2 saturated heterocycles. The van der Waals surface area contributed by atoms with Crippen LogP contribution < -0.4 is 25.6 Å². The highest BCUT2D eigenvalue weighted by Gasteiger charge is 2.32. The summed E-state index contributed by atoms with van der Waals surface area (Å²) in [5.74, 6) is 0. The van der Waals surface area contributed by atoms with Gasteiger partial charge in [-0.25, -0.2) is 0 Å². The number of hydrogen-bond acceptors (Lipinski definition) is 6. The maximum absolute atomic E-state index is 12.2. The number of anilines is 3. The van der Waals surface area contributed by atoms with Gasteiger partial charge in [-0.05, 0) is 18.2 Å². The van der Waals surface area contributed by atoms with Crippen molar-refractivity contribution in [1.82, 2.24) is 0 Å². The van der Waals surface area contributed by atoms with E-state index in [0.717, 1.165) is 23.8 Å². The molecule has 0 saturated carbocycles. The minimum Gasteiger partial charge on any atom is -0.378 e. The van der Waals surface area contributed by atoms with Crippen molar-refractivity contribution < 1.29 is 4.74 Å². The predicted molar refractivity (Wildman–Crippen MR) is 100 cm³/mol. The lowest BCUT2D eigenvalue weighted by Gasteiger charge is -2.40. The van der Waals surface area contributed by atoms with Gasteiger partial charge in [0.1, 0.15) is 11.4 Å². The lowest BCUT2D eigenvalue weighted by atomic mass is 10.1. The first kappa shape index (κ1) is 16.4. The molecule has 0 N–H and O–H groups in total. The van der Waals surface area contributed by atoms with Crippen molar-refractivity contribution >= 4 is 28.7 Å². The van der Waals surface area contributed by atoms with Crippen LogP contribution in [0.2, 0.25) is 5.02 Å². The molecule has 25 heavy (non-hydrogen) atoms. The Morgan fingerprint density at radius 3 is 1.96 bits per heavy atom. The smallest absolute Gasteiger partial charge is 0.253 e. The van der Waals surface area contributed by atoms with Gasteiger partial charge in [-0.15, -0.1) is 0 Å². The molecule has 0 amide bonds. The Labute approximate surface area is 150 Å². The van der Waals surface area contributed by atoms with Crippen molar-refractivity contribution in [2.24, 2.45) is 0 Å². The van der Waals surface area contributed by atoms with Crippen LogP contribution in [0, 0.1) is 0 Å². The largest absolute Gasteiger partial charge is 0.378 e. The topological polar surface area (TPSA) is 53.1 Å². The zero-order chi connectivity index (χ0) is 17.4. The number of hydrogen-bond donors (Lipinski definition) is 0. The van der Waals surface area contributed by atoms with Gasteiger partial charge in [0.05, 0.1) is 13.2 Å². The van der Waals surface area contributed by atoms with Crippen molar-refractivity contribution in [3.8, 4) is 0 Å². The molecule has 7 heteroatoms. The molecule has 0 radical (unpaired) electrons. The zero-order valence-corrected chi connectivity index (χ0v) is 14.7. The Balaban J connectivity index is 1.49. The van der Waals surface area contributed by atoms with E-state index in [1.165, 1.54) is 0 Å². The molecule has 0 aliphatic carbocycles. The molecule has 2 fully saturated rings. The fourth-order valence-electron chi connectivity index (χ4n) is 3.60. The molecule has 4 rings (SSSR count). The number of rotatable bonds is 3. The highest BCUT2D eigenvalue weighted by atomic mass is 35.5. The maximum Gasteiger partial charge on any atom is 0.253 e. The summed E-state index contributed by atoms with van der Waals surface area (Å²) in [5.41, 5.74) is 1.57. The summed E-state index contributed by atoms with van der Waals surface area (Å²) in [6, 6.07) is 7.79. The van der Waals surface area contributed by atoms with Gasteiger partial charge >= 0.3 is 0 Å². The molecule has 6 nitrogen and oxygen atoms in total. The first-order valence-electron chi connectivity index (χ1n) is 8.56. The molecule has 2 aliphatic rings. The Kier molecular flexibility index (Phi) is 4.39. The summed E-state index contributed by atoms with van der Waals surface area (Å²) in [7, 11) is 0. The summed E-state index contributed by atoms with van der Waals surface area (Å²) in [5, 5.41) is 0.719. The average Bonchev–Trinajstić information content (AvgIpc) is 2.66. The Hall–Kier alpha value is -2.05. The Morgan fingerprint density at radius 2 is 1.36 bits per heavy atom. The van der Waals surface area contributed by atoms with Crippen LogP contribution in [0.25, 0.3) is 0 Å². The van der Waals surface area contributed by atoms with Crippen LogP contribution in [0.5, 0.6) is 0 Å². The van der Waals surface area contributed by atoms with Crippen LogP contribution in [-0.2, 0) is 4.74 Å². The highest BCUT2D eigenvalue weighted by molar-refractivity contribution is 6.30. The Bertz CT molecular complexity index is 832. The van der Waals surface area contributed by atoms with Crippen LogP contribution in [0.4, 0.5) is 17.1 Å². The van der Waals surface area contributed by atoms with Crippen LogP contribution >= 0.6 is 11.6 Å². The van der Waals surface area contributed by atoms with Crippen LogP contribution in [0.15, 0.2) is 33.9 Å². The van der Waals surface area contributed by atoms with Gasteiger partial charge in [0, 0.05) is 50.0 Å². The number of halogens is 1. The van der Waals surface area contributed by atoms with E-state index in [2.05, 4.69) is 9.80 Å². The van der Waals surface area contributed by atoms with Gasteiger partial charge in [0.25, 0.3) is 10.9 Å². The summed E-state index contributed by atoms with van der Waals surface area (Å²) in [4.78, 5) is 30.6. The lowest BCUT2D eigenvalue weighted by Crippen LogP contribution is -2.54. The number of benzene rings is 1. The van der Waals surface area contributed by atoms with Crippen molar-refractivity contribution in [1.29, 1.82) is 0 Å². The van der Waals surface area contributed by atoms with Crippen molar-refractivity contribution in [2.75, 3.05) is 67.2 Å². The quantitative estimate of drug-likeness (QED) is 0.763. The molecule has 2 aromatic carbocycles. The standard InChI is InChI=1S/C18H20ClN3O3/c19-13-2-1-3-14(12-13)20-4-6-21(7-5-20)15-16(18(24)17(15)23)22-8-10-25-11-9-22/h1-3,12H,4-11H2. The second-order valence-corrected chi connectivity index (χ2v) is 6.85. The van der Waals surface area contributed by atoms with Gasteiger partial charge in [-0.1, -0.05) is 17.7 Å². The second-order valence-electron chi connectivity index (χ2n) is 6.41. The van der Waals surface area contributed by atoms with E-state index in [9.17, 15) is 9.59 Å². The van der Waals surface area contributed by atoms with Crippen molar-refractivity contribution in [3.63, 3.8) is 0 Å². The SMILES string of the molecule is O=c1c(N2CCOCC2)c(N2CCN(c3cccc(Cl)c3)CC2)c1=O. The zero-order valence-electron chi connectivity index (χ0n) is 13.9. The molecule has 2 heterocycles. The van der Waals surface area contributed by atoms with E-state index in [-0.39, 0.29) is 10.9 Å². The first-order chi connectivity index (χ1) is 12.1. The minimum absolute atomic E-state index is 0.349. The van der Waals surface area contributed by atoms with Gasteiger partial charge in [0.15, 0.2) is 0 Å². The van der Waals surface area contributed by atoms with E-state index < -0.39 is 0 Å². The average molecular weight is 362 g/mol. The fourth-order valence-corrected chi connectivity index (χ4v) is 3.79. The van der Waals surface area contributed by atoms with Crippen molar-refractivity contribution in [2.45, 2.75) is 0 Å². The number of piperazine rings is 1. The normalized spacial score (nSPS) is 18.8. The number of nitrogens with zero attached hydrogens (tertiary/aromatic N) is 3. The molecule has 132 valence electrons. The maximum atomic E-state index is 12.2. The van der Waals surface area contributed by atoms with Crippen molar-refractivity contribution in [3.05, 3.63) is 49.7 Å². The van der Waals surface area contributed by atoms with E-state index in [1.54, 1.807) is 0 Å². The molecule has 0 spiro atoms. The van der Waals surface area contributed by atoms with E-state index >= 15 is 0 Å². The molecule has 0 atom stereocenters. The van der Waals surface area contributed by atoms with E-state index in [4.69, 9.17) is 16.3 Å². The molecule has 0 aromatic heterocycles. The van der Waals surface area contributed by atoms with E-state index in [1.807, 2.05) is 29.2 Å². The van der Waals surface area contributed by atoms with Gasteiger partial charge < -0.3 is 19.4 Å². The summed E-state index contributed by atoms with van der Waals surface area (Å²) < 4.78 is 5.34. The third kappa shape index (κ3) is 3.00. The molecule has 0 unspecified atom stereocenters. The van der Waals surface area contributed by atoms with Gasteiger partial charge in [0.2, 0.25) is 0 Å². The summed E-state index contributed by atoms with van der Waals surface area (Å²) in [6.45, 7) is 5.55. The highest BCUT2D eigenvalue weighted by Crippen LogP contribution is 2.27. The third-order valence-electron chi connectivity index (χ3n) is 4.96.